The van der Waals surface area contributed by atoms with Crippen molar-refractivity contribution in [3.05, 3.63) is 29.8 Å². The maximum Gasteiger partial charge on any atom is 0.209 e. The zero-order valence-electron chi connectivity index (χ0n) is 15.8. The highest BCUT2D eigenvalue weighted by atomic mass is 16.1. The highest BCUT2D eigenvalue weighted by Crippen LogP contribution is 2.19. The Morgan fingerprint density at radius 1 is 1.28 bits per heavy atom. The van der Waals surface area contributed by atoms with Gasteiger partial charge < -0.3 is 4.90 Å². The number of para-hydroxylation sites is 1. The third-order valence-electron chi connectivity index (χ3n) is 3.78. The maximum atomic E-state index is 10.9. The summed E-state index contributed by atoms with van der Waals surface area (Å²) in [6.45, 7) is 15.8. The van der Waals surface area contributed by atoms with Crippen molar-refractivity contribution in [1.82, 2.24) is 4.90 Å². The molecule has 1 atom stereocenters. The fraction of sp³-hybridized carbons (Fsp3) is 0.474. The minimum atomic E-state index is 0.0916. The van der Waals surface area contributed by atoms with Gasteiger partial charge in [-0.1, -0.05) is 32.0 Å². The molecule has 2 rings (SSSR count). The van der Waals surface area contributed by atoms with Crippen molar-refractivity contribution in [3.8, 4) is 0 Å². The van der Waals surface area contributed by atoms with Crippen molar-refractivity contribution in [1.29, 1.82) is 0 Å². The fourth-order valence-corrected chi connectivity index (χ4v) is 2.42. The predicted molar refractivity (Wildman–Crippen MR) is 105 cm³/mol. The van der Waals surface area contributed by atoms with E-state index in [0.29, 0.717) is 6.54 Å². The minimum absolute atomic E-state index is 0.0916. The van der Waals surface area contributed by atoms with Crippen LogP contribution in [-0.4, -0.2) is 43.6 Å². The molecule has 0 N–H and O–H groups in total. The summed E-state index contributed by atoms with van der Waals surface area (Å²) >= 11 is 0. The first-order valence-corrected chi connectivity index (χ1v) is 8.52. The SMILES string of the molecule is C=NN(N=C)c1ccccc1C.CC.CC(=O)C1CCCN(C=O)C1. The average molecular weight is 346 g/mol. The average Bonchev–Trinajstić information content (AvgIpc) is 2.66. The van der Waals surface area contributed by atoms with Gasteiger partial charge in [0.05, 0.1) is 5.69 Å². The third-order valence-corrected chi connectivity index (χ3v) is 3.78. The lowest BCUT2D eigenvalue weighted by Gasteiger charge is -2.27. The number of hydrogen-bond donors (Lipinski definition) is 0. The number of amides is 1. The van der Waals surface area contributed by atoms with Gasteiger partial charge in [0.2, 0.25) is 6.41 Å². The smallest absolute Gasteiger partial charge is 0.209 e. The van der Waals surface area contributed by atoms with E-state index in [0.717, 1.165) is 37.0 Å². The predicted octanol–water partition coefficient (Wildman–Crippen LogP) is 3.50. The molecule has 1 saturated heterocycles. The highest BCUT2D eigenvalue weighted by Gasteiger charge is 2.21. The molecule has 1 aliphatic rings. The Hall–Kier alpha value is -2.50. The van der Waals surface area contributed by atoms with E-state index < -0.39 is 0 Å². The molecule has 0 saturated carbocycles. The van der Waals surface area contributed by atoms with Crippen LogP contribution in [-0.2, 0) is 9.59 Å². The number of piperidine rings is 1. The number of rotatable bonds is 5. The van der Waals surface area contributed by atoms with Crippen LogP contribution >= 0.6 is 0 Å². The first kappa shape index (κ1) is 22.5. The number of likely N-dealkylation sites (tertiary alicyclic amines) is 1. The number of hydrazone groups is 2. The van der Waals surface area contributed by atoms with E-state index >= 15 is 0 Å². The Bertz CT molecular complexity index is 552. The second-order valence-corrected chi connectivity index (χ2v) is 5.41. The molecule has 1 amide bonds. The molecule has 6 nitrogen and oxygen atoms in total. The van der Waals surface area contributed by atoms with Crippen LogP contribution in [0.3, 0.4) is 0 Å². The van der Waals surface area contributed by atoms with Crippen LogP contribution in [0, 0.1) is 12.8 Å². The quantitative estimate of drug-likeness (QED) is 0.465. The summed E-state index contributed by atoms with van der Waals surface area (Å²) in [5.41, 5.74) is 2.00. The molecule has 1 aliphatic heterocycles. The number of carbonyl (C=O) groups excluding carboxylic acids is 2. The number of Topliss-reactive ketones (excluding diaryl/α,β-unsaturated/α-hetero) is 1. The molecule has 25 heavy (non-hydrogen) atoms. The first-order chi connectivity index (χ1) is 12.0. The molecule has 0 radical (unpaired) electrons. The van der Waals surface area contributed by atoms with Crippen molar-refractivity contribution in [2.24, 2.45) is 16.1 Å². The third kappa shape index (κ3) is 7.74. The molecule has 1 aromatic carbocycles. The van der Waals surface area contributed by atoms with E-state index in [1.54, 1.807) is 11.8 Å². The van der Waals surface area contributed by atoms with Crippen molar-refractivity contribution < 1.29 is 9.59 Å². The standard InChI is InChI=1S/C9H11N3.C8H13NO2.C2H6/c1-8-6-4-5-7-9(8)12(10-2)11-3;1-7(11)8-3-2-4-9(5-8)6-10;1-2/h4-7H,2-3H2,1H3;6,8H,2-5H2,1H3;1-2H3. The lowest BCUT2D eigenvalue weighted by atomic mass is 9.95. The largest absolute Gasteiger partial charge is 0.345 e. The highest BCUT2D eigenvalue weighted by molar-refractivity contribution is 5.78. The summed E-state index contributed by atoms with van der Waals surface area (Å²) in [4.78, 5) is 22.9. The summed E-state index contributed by atoms with van der Waals surface area (Å²) < 4.78 is 0. The molecule has 1 heterocycles. The van der Waals surface area contributed by atoms with Crippen LogP contribution in [0.2, 0.25) is 0 Å². The molecule has 1 aromatic rings. The zero-order valence-corrected chi connectivity index (χ0v) is 15.8. The van der Waals surface area contributed by atoms with Crippen molar-refractivity contribution in [2.45, 2.75) is 40.5 Å². The lowest BCUT2D eigenvalue weighted by Crippen LogP contribution is -2.36. The maximum absolute atomic E-state index is 10.9. The van der Waals surface area contributed by atoms with Crippen molar-refractivity contribution in [2.75, 3.05) is 18.2 Å². The Labute approximate surface area is 151 Å². The van der Waals surface area contributed by atoms with Gasteiger partial charge in [-0.2, -0.15) is 15.3 Å². The van der Waals surface area contributed by atoms with Crippen molar-refractivity contribution in [3.63, 3.8) is 0 Å². The fourth-order valence-electron chi connectivity index (χ4n) is 2.42. The summed E-state index contributed by atoms with van der Waals surface area (Å²) in [6.07, 6.45) is 2.73. The Balaban J connectivity index is 0.000000421. The molecule has 138 valence electrons. The second kappa shape index (κ2) is 12.9. The Kier molecular flexibility index (Phi) is 11.6. The Morgan fingerprint density at radius 3 is 2.36 bits per heavy atom. The molecule has 0 aromatic heterocycles. The summed E-state index contributed by atoms with van der Waals surface area (Å²) in [5, 5.41) is 8.78. The second-order valence-electron chi connectivity index (χ2n) is 5.41. The normalized spacial score (nSPS) is 15.5. The molecule has 0 spiro atoms. The number of aryl methyl sites for hydroxylation is 1. The summed E-state index contributed by atoms with van der Waals surface area (Å²) in [5.74, 6) is 0.297. The zero-order chi connectivity index (χ0) is 19.2. The molecular formula is C19H30N4O2. The van der Waals surface area contributed by atoms with E-state index in [1.807, 2.05) is 45.0 Å². The monoisotopic (exact) mass is 346 g/mol. The van der Waals surface area contributed by atoms with Crippen LogP contribution in [0.5, 0.6) is 0 Å². The number of nitrogens with zero attached hydrogens (tertiary/aromatic N) is 4. The molecule has 0 aliphatic carbocycles. The summed E-state index contributed by atoms with van der Waals surface area (Å²) in [7, 11) is 0. The molecule has 0 bridgehead atoms. The number of hydrogen-bond acceptors (Lipinski definition) is 5. The van der Waals surface area contributed by atoms with Crippen LogP contribution in [0.25, 0.3) is 0 Å². The van der Waals surface area contributed by atoms with Crippen molar-refractivity contribution >= 4 is 31.3 Å². The van der Waals surface area contributed by atoms with Gasteiger partial charge in [0.15, 0.2) is 0 Å². The number of ketones is 1. The van der Waals surface area contributed by atoms with Gasteiger partial charge in [0.25, 0.3) is 0 Å². The molecule has 6 heteroatoms. The van der Waals surface area contributed by atoms with Crippen LogP contribution in [0.1, 0.15) is 39.2 Å². The van der Waals surface area contributed by atoms with Gasteiger partial charge in [-0.25, -0.2) is 0 Å². The Morgan fingerprint density at radius 2 is 1.88 bits per heavy atom. The van der Waals surface area contributed by atoms with Crippen LogP contribution < -0.4 is 5.12 Å². The van der Waals surface area contributed by atoms with E-state index in [9.17, 15) is 9.59 Å². The van der Waals surface area contributed by atoms with Crippen LogP contribution in [0.15, 0.2) is 34.5 Å². The van der Waals surface area contributed by atoms with Crippen LogP contribution in [0.4, 0.5) is 5.69 Å². The minimum Gasteiger partial charge on any atom is -0.345 e. The van der Waals surface area contributed by atoms with Gasteiger partial charge in [-0.15, -0.1) is 0 Å². The van der Waals surface area contributed by atoms with E-state index in [4.69, 9.17) is 0 Å². The molecular weight excluding hydrogens is 316 g/mol. The van der Waals surface area contributed by atoms with Gasteiger partial charge in [0.1, 0.15) is 5.78 Å². The summed E-state index contributed by atoms with van der Waals surface area (Å²) in [6, 6.07) is 7.78. The van der Waals surface area contributed by atoms with E-state index in [1.165, 1.54) is 5.12 Å². The van der Waals surface area contributed by atoms with Gasteiger partial charge in [0, 0.05) is 32.4 Å². The number of anilines is 1. The van der Waals surface area contributed by atoms with E-state index in [2.05, 4.69) is 23.6 Å². The van der Waals surface area contributed by atoms with Gasteiger partial charge >= 0.3 is 0 Å². The first-order valence-electron chi connectivity index (χ1n) is 8.52. The lowest BCUT2D eigenvalue weighted by molar-refractivity contribution is -0.125. The molecule has 1 fully saturated rings. The van der Waals surface area contributed by atoms with Gasteiger partial charge in [-0.05, 0) is 38.3 Å². The van der Waals surface area contributed by atoms with E-state index in [-0.39, 0.29) is 11.7 Å². The topological polar surface area (TPSA) is 65.3 Å². The molecule has 1 unspecified atom stereocenters. The number of benzene rings is 1. The van der Waals surface area contributed by atoms with Gasteiger partial charge in [-0.3, -0.25) is 9.59 Å². The number of carbonyl (C=O) groups is 2.